The molecule has 1 amide bonds. The number of carbonyl (C=O) groups is 1. The lowest BCUT2D eigenvalue weighted by Crippen LogP contribution is -2.33. The highest BCUT2D eigenvalue weighted by molar-refractivity contribution is 7.80. The van der Waals surface area contributed by atoms with E-state index in [1.807, 2.05) is 0 Å². The predicted octanol–water partition coefficient (Wildman–Crippen LogP) is 4.99. The van der Waals surface area contributed by atoms with Gasteiger partial charge in [-0.25, -0.2) is 0 Å². The molecule has 0 spiro atoms. The Labute approximate surface area is 179 Å². The zero-order chi connectivity index (χ0) is 21.1. The van der Waals surface area contributed by atoms with E-state index in [0.717, 1.165) is 18.2 Å². The first-order valence-electron chi connectivity index (χ1n) is 7.90. The zero-order valence-corrected chi connectivity index (χ0v) is 16.6. The van der Waals surface area contributed by atoms with Crippen molar-refractivity contribution >= 4 is 57.8 Å². The van der Waals surface area contributed by atoms with E-state index in [0.29, 0.717) is 16.3 Å². The number of nitro groups is 1. The Morgan fingerprint density at radius 3 is 2.66 bits per heavy atom. The van der Waals surface area contributed by atoms with Crippen molar-refractivity contribution in [1.82, 2.24) is 5.32 Å². The van der Waals surface area contributed by atoms with Crippen molar-refractivity contribution in [3.63, 3.8) is 0 Å². The third-order valence-corrected chi connectivity index (χ3v) is 4.74. The number of nitrogens with zero attached hydrogens (tertiary/aromatic N) is 1. The van der Waals surface area contributed by atoms with Crippen molar-refractivity contribution in [2.24, 2.45) is 0 Å². The second-order valence-electron chi connectivity index (χ2n) is 5.63. The van der Waals surface area contributed by atoms with Gasteiger partial charge in [-0.15, -0.1) is 0 Å². The number of hydrogen-bond donors (Lipinski definition) is 3. The van der Waals surface area contributed by atoms with Crippen LogP contribution in [0.3, 0.4) is 0 Å². The molecule has 2 aromatic carbocycles. The Balaban J connectivity index is 1.72. The molecule has 0 aliphatic carbocycles. The van der Waals surface area contributed by atoms with Crippen LogP contribution in [-0.2, 0) is 0 Å². The van der Waals surface area contributed by atoms with Gasteiger partial charge < -0.3 is 14.8 Å². The summed E-state index contributed by atoms with van der Waals surface area (Å²) in [4.78, 5) is 22.6. The molecule has 0 atom stereocenters. The first-order valence-corrected chi connectivity index (χ1v) is 9.06. The van der Waals surface area contributed by atoms with Gasteiger partial charge in [0.05, 0.1) is 20.7 Å². The van der Waals surface area contributed by atoms with Gasteiger partial charge in [-0.1, -0.05) is 29.3 Å². The summed E-state index contributed by atoms with van der Waals surface area (Å²) < 4.78 is 5.51. The van der Waals surface area contributed by atoms with Gasteiger partial charge in [0.2, 0.25) is 0 Å². The molecule has 0 radical (unpaired) electrons. The third-order valence-electron chi connectivity index (χ3n) is 3.71. The Kier molecular flexibility index (Phi) is 6.02. The number of phenols is 1. The minimum absolute atomic E-state index is 0.0321. The summed E-state index contributed by atoms with van der Waals surface area (Å²) in [5.41, 5.74) is 0.226. The van der Waals surface area contributed by atoms with Gasteiger partial charge >= 0.3 is 0 Å². The van der Waals surface area contributed by atoms with E-state index < -0.39 is 10.8 Å². The van der Waals surface area contributed by atoms with Crippen LogP contribution in [0.25, 0.3) is 11.3 Å². The molecule has 0 bridgehead atoms. The number of halogens is 2. The molecule has 29 heavy (non-hydrogen) atoms. The van der Waals surface area contributed by atoms with Crippen LogP contribution in [0.2, 0.25) is 10.0 Å². The normalized spacial score (nSPS) is 10.4. The molecule has 1 aromatic heterocycles. The summed E-state index contributed by atoms with van der Waals surface area (Å²) in [6.45, 7) is 0. The number of carbonyl (C=O) groups excluding carboxylic acids is 1. The number of hydrogen-bond acceptors (Lipinski definition) is 6. The molecule has 11 heteroatoms. The summed E-state index contributed by atoms with van der Waals surface area (Å²) in [7, 11) is 0. The molecule has 1 heterocycles. The fourth-order valence-corrected chi connectivity index (χ4v) is 2.95. The van der Waals surface area contributed by atoms with Gasteiger partial charge in [-0.05, 0) is 42.5 Å². The van der Waals surface area contributed by atoms with E-state index in [1.165, 1.54) is 6.07 Å². The lowest BCUT2D eigenvalue weighted by atomic mass is 10.2. The molecular formula is C18H11Cl2N3O5S. The topological polar surface area (TPSA) is 118 Å². The van der Waals surface area contributed by atoms with E-state index >= 15 is 0 Å². The van der Waals surface area contributed by atoms with Crippen LogP contribution in [0.1, 0.15) is 10.6 Å². The van der Waals surface area contributed by atoms with Gasteiger partial charge in [0.25, 0.3) is 11.6 Å². The Morgan fingerprint density at radius 2 is 1.93 bits per heavy atom. The van der Waals surface area contributed by atoms with Crippen molar-refractivity contribution in [2.75, 3.05) is 5.32 Å². The molecule has 0 saturated carbocycles. The average Bonchev–Trinajstić information content (AvgIpc) is 3.15. The van der Waals surface area contributed by atoms with E-state index in [9.17, 15) is 20.0 Å². The highest BCUT2D eigenvalue weighted by Crippen LogP contribution is 2.34. The maximum atomic E-state index is 12.3. The van der Waals surface area contributed by atoms with Crippen molar-refractivity contribution in [2.45, 2.75) is 0 Å². The molecule has 3 rings (SSSR count). The maximum absolute atomic E-state index is 12.3. The van der Waals surface area contributed by atoms with Crippen LogP contribution in [0.5, 0.6) is 5.75 Å². The Bertz CT molecular complexity index is 1130. The number of non-ortho nitro benzene ring substituents is 1. The van der Waals surface area contributed by atoms with Gasteiger partial charge in [0.15, 0.2) is 10.9 Å². The van der Waals surface area contributed by atoms with Crippen LogP contribution >= 0.6 is 35.4 Å². The SMILES string of the molecule is O=C(NC(=S)Nc1cc([N+](=O)[O-])ccc1O)c1ccc(-c2cccc(Cl)c2Cl)o1. The van der Waals surface area contributed by atoms with Crippen molar-refractivity contribution in [3.8, 4) is 17.1 Å². The van der Waals surface area contributed by atoms with Crippen LogP contribution < -0.4 is 10.6 Å². The number of phenolic OH excluding ortho intramolecular Hbond substituents is 1. The summed E-state index contributed by atoms with van der Waals surface area (Å²) in [5, 5.41) is 26.0. The number of amides is 1. The summed E-state index contributed by atoms with van der Waals surface area (Å²) in [6.07, 6.45) is 0. The molecule has 3 N–H and O–H groups in total. The number of furan rings is 1. The predicted molar refractivity (Wildman–Crippen MR) is 113 cm³/mol. The summed E-state index contributed by atoms with van der Waals surface area (Å²) >= 11 is 17.1. The molecule has 0 fully saturated rings. The van der Waals surface area contributed by atoms with Gasteiger partial charge in [0, 0.05) is 17.7 Å². The van der Waals surface area contributed by atoms with Gasteiger partial charge in [-0.3, -0.25) is 20.2 Å². The van der Waals surface area contributed by atoms with Gasteiger partial charge in [0.1, 0.15) is 11.5 Å². The maximum Gasteiger partial charge on any atom is 0.293 e. The third kappa shape index (κ3) is 4.65. The van der Waals surface area contributed by atoms with Crippen LogP contribution in [-0.4, -0.2) is 21.0 Å². The number of anilines is 1. The van der Waals surface area contributed by atoms with Crippen molar-refractivity contribution < 1.29 is 19.2 Å². The molecule has 3 aromatic rings. The standard InChI is InChI=1S/C18H11Cl2N3O5S/c19-11-3-1-2-10(16(11)20)14-6-7-15(28-14)17(25)22-18(29)21-12-8-9(23(26)27)4-5-13(12)24/h1-8,24H,(H2,21,22,25,29). The number of thiocarbonyl (C=S) groups is 1. The smallest absolute Gasteiger partial charge is 0.293 e. The molecule has 148 valence electrons. The second kappa shape index (κ2) is 8.48. The number of rotatable bonds is 4. The second-order valence-corrected chi connectivity index (χ2v) is 6.83. The van der Waals surface area contributed by atoms with Crippen molar-refractivity contribution in [3.05, 3.63) is 74.5 Å². The Morgan fingerprint density at radius 1 is 1.17 bits per heavy atom. The number of aromatic hydroxyl groups is 1. The monoisotopic (exact) mass is 451 g/mol. The van der Waals surface area contributed by atoms with Crippen molar-refractivity contribution in [1.29, 1.82) is 0 Å². The van der Waals surface area contributed by atoms with Gasteiger partial charge in [-0.2, -0.15) is 0 Å². The first kappa shape index (κ1) is 20.6. The molecule has 0 aliphatic heterocycles. The largest absolute Gasteiger partial charge is 0.506 e. The minimum atomic E-state index is -0.670. The minimum Gasteiger partial charge on any atom is -0.506 e. The summed E-state index contributed by atoms with van der Waals surface area (Å²) in [6, 6.07) is 11.3. The molecule has 0 saturated heterocycles. The molecule has 8 nitrogen and oxygen atoms in total. The first-order chi connectivity index (χ1) is 13.8. The lowest BCUT2D eigenvalue weighted by molar-refractivity contribution is -0.384. The van der Waals surface area contributed by atoms with E-state index in [1.54, 1.807) is 24.3 Å². The van der Waals surface area contributed by atoms with E-state index in [2.05, 4.69) is 10.6 Å². The average molecular weight is 452 g/mol. The van der Waals surface area contributed by atoms with E-state index in [-0.39, 0.29) is 33.0 Å². The number of nitrogens with one attached hydrogen (secondary N) is 2. The van der Waals surface area contributed by atoms with Crippen LogP contribution in [0, 0.1) is 10.1 Å². The lowest BCUT2D eigenvalue weighted by Gasteiger charge is -2.10. The zero-order valence-electron chi connectivity index (χ0n) is 14.3. The Hall–Kier alpha value is -3.14. The number of benzene rings is 2. The van der Waals surface area contributed by atoms with E-state index in [4.69, 9.17) is 39.8 Å². The fraction of sp³-hybridized carbons (Fsp3) is 0. The molecule has 0 aliphatic rings. The summed E-state index contributed by atoms with van der Waals surface area (Å²) in [5.74, 6) is -0.666. The molecule has 0 unspecified atom stereocenters. The van der Waals surface area contributed by atoms with Crippen LogP contribution in [0.15, 0.2) is 52.9 Å². The highest BCUT2D eigenvalue weighted by atomic mass is 35.5. The van der Waals surface area contributed by atoms with Crippen LogP contribution in [0.4, 0.5) is 11.4 Å². The fourth-order valence-electron chi connectivity index (χ4n) is 2.35. The quantitative estimate of drug-likeness (QED) is 0.221. The highest BCUT2D eigenvalue weighted by Gasteiger charge is 2.17. The molecular weight excluding hydrogens is 441 g/mol. The number of nitro benzene ring substituents is 1.